The highest BCUT2D eigenvalue weighted by molar-refractivity contribution is 5.99. The molecule has 1 atom stereocenters. The molecule has 0 aliphatic rings. The van der Waals surface area contributed by atoms with Crippen molar-refractivity contribution in [1.29, 1.82) is 0 Å². The van der Waals surface area contributed by atoms with Crippen LogP contribution in [0.25, 0.3) is 0 Å². The summed E-state index contributed by atoms with van der Waals surface area (Å²) in [6, 6.07) is 13.3. The number of amides is 2. The van der Waals surface area contributed by atoms with E-state index in [-0.39, 0.29) is 17.9 Å². The molecule has 2 rings (SSSR count). The molecule has 3 N–H and O–H groups in total. The summed E-state index contributed by atoms with van der Waals surface area (Å²) >= 11 is 0. The standard InChI is InChI=1S/C23H26N2O7/c1-23(2,3)32-22(30)25-18(13-19(26)31-14-15-8-5-4-6-9-15)20(27)24-17-11-7-10-16(12-17)21(28)29/h4-12,18H,13-14H2,1-3H3,(H,24,27)(H,25,30)(H,28,29)/t18-/m1/s1. The summed E-state index contributed by atoms with van der Waals surface area (Å²) in [6.45, 7) is 4.99. The van der Waals surface area contributed by atoms with Gasteiger partial charge in [-0.3, -0.25) is 9.59 Å². The zero-order valence-corrected chi connectivity index (χ0v) is 18.1. The van der Waals surface area contributed by atoms with Crippen LogP contribution in [-0.4, -0.2) is 40.7 Å². The van der Waals surface area contributed by atoms with Crippen molar-refractivity contribution in [3.63, 3.8) is 0 Å². The average Bonchev–Trinajstić information content (AvgIpc) is 2.71. The number of rotatable bonds is 8. The van der Waals surface area contributed by atoms with Gasteiger partial charge in [0, 0.05) is 5.69 Å². The number of hydrogen-bond donors (Lipinski definition) is 3. The van der Waals surface area contributed by atoms with Crippen LogP contribution in [0.3, 0.4) is 0 Å². The number of ether oxygens (including phenoxy) is 2. The summed E-state index contributed by atoms with van der Waals surface area (Å²) < 4.78 is 10.4. The summed E-state index contributed by atoms with van der Waals surface area (Å²) in [5.74, 6) is -2.59. The van der Waals surface area contributed by atoms with Crippen molar-refractivity contribution in [2.24, 2.45) is 0 Å². The van der Waals surface area contributed by atoms with Crippen molar-refractivity contribution in [3.8, 4) is 0 Å². The first kappa shape index (κ1) is 24.4. The lowest BCUT2D eigenvalue weighted by molar-refractivity contribution is -0.146. The first-order valence-electron chi connectivity index (χ1n) is 9.87. The zero-order valence-electron chi connectivity index (χ0n) is 18.1. The topological polar surface area (TPSA) is 131 Å². The first-order valence-corrected chi connectivity index (χ1v) is 9.87. The minimum atomic E-state index is -1.30. The molecule has 2 aromatic carbocycles. The number of nitrogens with one attached hydrogen (secondary N) is 2. The van der Waals surface area contributed by atoms with Crippen LogP contribution in [0.15, 0.2) is 54.6 Å². The molecule has 2 aromatic rings. The lowest BCUT2D eigenvalue weighted by atomic mass is 10.1. The van der Waals surface area contributed by atoms with Gasteiger partial charge >= 0.3 is 18.0 Å². The number of carboxylic acid groups (broad SMARTS) is 1. The van der Waals surface area contributed by atoms with Gasteiger partial charge in [0.15, 0.2) is 0 Å². The molecule has 9 heteroatoms. The van der Waals surface area contributed by atoms with Crippen molar-refractivity contribution in [1.82, 2.24) is 5.32 Å². The maximum absolute atomic E-state index is 12.8. The molecule has 0 aliphatic heterocycles. The number of carbonyl (C=O) groups excluding carboxylic acids is 3. The number of carbonyl (C=O) groups is 4. The van der Waals surface area contributed by atoms with Crippen molar-refractivity contribution in [2.45, 2.75) is 45.4 Å². The van der Waals surface area contributed by atoms with E-state index in [4.69, 9.17) is 14.6 Å². The second kappa shape index (κ2) is 10.9. The smallest absolute Gasteiger partial charge is 0.408 e. The molecule has 0 bridgehead atoms. The fourth-order valence-corrected chi connectivity index (χ4v) is 2.58. The summed E-state index contributed by atoms with van der Waals surface area (Å²) in [6.07, 6.45) is -1.33. The van der Waals surface area contributed by atoms with E-state index in [1.54, 1.807) is 45.0 Å². The van der Waals surface area contributed by atoms with E-state index in [2.05, 4.69) is 10.6 Å². The quantitative estimate of drug-likeness (QED) is 0.534. The van der Waals surface area contributed by atoms with Crippen LogP contribution in [0.5, 0.6) is 0 Å². The van der Waals surface area contributed by atoms with Crippen molar-refractivity contribution in [2.75, 3.05) is 5.32 Å². The van der Waals surface area contributed by atoms with Gasteiger partial charge in [-0.15, -0.1) is 0 Å². The van der Waals surface area contributed by atoms with Gasteiger partial charge in [-0.25, -0.2) is 9.59 Å². The predicted molar refractivity (Wildman–Crippen MR) is 116 cm³/mol. The Morgan fingerprint density at radius 2 is 1.69 bits per heavy atom. The van der Waals surface area contributed by atoms with Crippen molar-refractivity contribution >= 4 is 29.6 Å². The number of aromatic carboxylic acids is 1. The van der Waals surface area contributed by atoms with Crippen LogP contribution in [0.4, 0.5) is 10.5 Å². The van der Waals surface area contributed by atoms with Gasteiger partial charge in [0.25, 0.3) is 0 Å². The van der Waals surface area contributed by atoms with E-state index in [1.165, 1.54) is 24.3 Å². The number of alkyl carbamates (subject to hydrolysis) is 1. The van der Waals surface area contributed by atoms with Crippen LogP contribution in [0, 0.1) is 0 Å². The summed E-state index contributed by atoms with van der Waals surface area (Å²) in [5.41, 5.74) is 0.132. The van der Waals surface area contributed by atoms with Gasteiger partial charge in [0.1, 0.15) is 18.2 Å². The predicted octanol–water partition coefficient (Wildman–Crippen LogP) is 3.35. The van der Waals surface area contributed by atoms with Crippen LogP contribution in [0.1, 0.15) is 43.1 Å². The van der Waals surface area contributed by atoms with Gasteiger partial charge in [0.05, 0.1) is 12.0 Å². The Morgan fingerprint density at radius 3 is 2.31 bits per heavy atom. The van der Waals surface area contributed by atoms with Crippen LogP contribution in [-0.2, 0) is 25.7 Å². The largest absolute Gasteiger partial charge is 0.478 e. The molecule has 32 heavy (non-hydrogen) atoms. The van der Waals surface area contributed by atoms with E-state index >= 15 is 0 Å². The maximum atomic E-state index is 12.8. The lowest BCUT2D eigenvalue weighted by Crippen LogP contribution is -2.47. The third-order valence-corrected chi connectivity index (χ3v) is 4.00. The molecule has 0 aliphatic carbocycles. The third-order valence-electron chi connectivity index (χ3n) is 4.00. The fourth-order valence-electron chi connectivity index (χ4n) is 2.58. The Labute approximate surface area is 185 Å². The highest BCUT2D eigenvalue weighted by atomic mass is 16.6. The normalized spacial score (nSPS) is 11.7. The summed E-state index contributed by atoms with van der Waals surface area (Å²) in [7, 11) is 0. The van der Waals surface area contributed by atoms with Crippen LogP contribution < -0.4 is 10.6 Å². The molecule has 0 radical (unpaired) electrons. The highest BCUT2D eigenvalue weighted by Crippen LogP contribution is 2.13. The maximum Gasteiger partial charge on any atom is 0.408 e. The Bertz CT molecular complexity index is 968. The molecule has 170 valence electrons. The number of hydrogen-bond acceptors (Lipinski definition) is 6. The molecule has 0 spiro atoms. The van der Waals surface area contributed by atoms with E-state index in [0.717, 1.165) is 5.56 Å². The van der Waals surface area contributed by atoms with E-state index in [0.29, 0.717) is 0 Å². The minimum Gasteiger partial charge on any atom is -0.478 e. The lowest BCUT2D eigenvalue weighted by Gasteiger charge is -2.23. The van der Waals surface area contributed by atoms with E-state index in [9.17, 15) is 19.2 Å². The van der Waals surface area contributed by atoms with E-state index in [1.807, 2.05) is 6.07 Å². The average molecular weight is 442 g/mol. The molecule has 0 unspecified atom stereocenters. The molecule has 0 saturated heterocycles. The monoisotopic (exact) mass is 442 g/mol. The van der Waals surface area contributed by atoms with E-state index < -0.39 is 42.0 Å². The Kier molecular flexibility index (Phi) is 8.34. The molecular formula is C23H26N2O7. The minimum absolute atomic E-state index is 0.0150. The molecular weight excluding hydrogens is 416 g/mol. The molecule has 2 amide bonds. The van der Waals surface area contributed by atoms with Gasteiger partial charge in [-0.05, 0) is 44.5 Å². The van der Waals surface area contributed by atoms with Gasteiger partial charge < -0.3 is 25.2 Å². The number of benzene rings is 2. The van der Waals surface area contributed by atoms with Crippen LogP contribution in [0.2, 0.25) is 0 Å². The molecule has 9 nitrogen and oxygen atoms in total. The van der Waals surface area contributed by atoms with Crippen molar-refractivity contribution < 1.29 is 33.8 Å². The zero-order chi connectivity index (χ0) is 23.7. The Hall–Kier alpha value is -3.88. The second-order valence-corrected chi connectivity index (χ2v) is 7.92. The number of esters is 1. The van der Waals surface area contributed by atoms with Crippen molar-refractivity contribution in [3.05, 3.63) is 65.7 Å². The van der Waals surface area contributed by atoms with Gasteiger partial charge in [0.2, 0.25) is 5.91 Å². The molecule has 0 aromatic heterocycles. The summed E-state index contributed by atoms with van der Waals surface area (Å²) in [5, 5.41) is 14.0. The Morgan fingerprint density at radius 1 is 1.00 bits per heavy atom. The summed E-state index contributed by atoms with van der Waals surface area (Å²) in [4.78, 5) is 48.4. The number of carboxylic acids is 1. The first-order chi connectivity index (χ1) is 15.0. The SMILES string of the molecule is CC(C)(C)OC(=O)N[C@H](CC(=O)OCc1ccccc1)C(=O)Nc1cccc(C(=O)O)c1. The van der Waals surface area contributed by atoms with Crippen LogP contribution >= 0.6 is 0 Å². The molecule has 0 fully saturated rings. The fraction of sp³-hybridized carbons (Fsp3) is 0.304. The number of anilines is 1. The highest BCUT2D eigenvalue weighted by Gasteiger charge is 2.27. The van der Waals surface area contributed by atoms with Gasteiger partial charge in [-0.2, -0.15) is 0 Å². The molecule has 0 heterocycles. The Balaban J connectivity index is 2.09. The molecule has 0 saturated carbocycles. The van der Waals surface area contributed by atoms with Gasteiger partial charge in [-0.1, -0.05) is 36.4 Å². The third kappa shape index (κ3) is 8.47. The second-order valence-electron chi connectivity index (χ2n) is 7.92.